The molecule has 1 heteroatoms. The molecule has 0 heterocycles. The van der Waals surface area contributed by atoms with Crippen LogP contribution in [0, 0.1) is 10.8 Å². The van der Waals surface area contributed by atoms with Gasteiger partial charge in [0.1, 0.15) is 0 Å². The van der Waals surface area contributed by atoms with Gasteiger partial charge < -0.3 is 0 Å². The smallest absolute Gasteiger partial charge is 0.0489 e. The molecule has 0 nitrogen and oxygen atoms in total. The van der Waals surface area contributed by atoms with Gasteiger partial charge in [0.05, 0.1) is 0 Å². The maximum atomic E-state index is 2.62. The third-order valence-electron chi connectivity index (χ3n) is 3.32. The molecule has 0 aromatic carbocycles. The maximum absolute atomic E-state index is 2.62. The van der Waals surface area contributed by atoms with E-state index in [4.69, 9.17) is 0 Å². The second kappa shape index (κ2) is 3.90. The summed E-state index contributed by atoms with van der Waals surface area (Å²) in [6.45, 7) is 13.9. The molecule has 1 aliphatic rings. The normalized spacial score (nSPS) is 27.8. The Morgan fingerprint density at radius 1 is 1.13 bits per heavy atom. The number of allylic oxidation sites excluding steroid dienone is 4. The van der Waals surface area contributed by atoms with Crippen LogP contribution in [0.1, 0.15) is 48.0 Å². The first-order valence-corrected chi connectivity index (χ1v) is 6.72. The minimum Gasteiger partial charge on any atom is -0.0734 e. The molecule has 1 unspecified atom stereocenters. The highest BCUT2D eigenvalue weighted by molar-refractivity contribution is 14.1. The second-order valence-corrected chi connectivity index (χ2v) is 8.52. The number of hydrogen-bond acceptors (Lipinski definition) is 0. The standard InChI is InChI=1S/C14H23I/c1-12(2,3)11-8-7-9-14(15,10-11)13(4,5)6/h7-9H,10H2,1-6H3. The summed E-state index contributed by atoms with van der Waals surface area (Å²) in [6.07, 6.45) is 8.07. The van der Waals surface area contributed by atoms with Crippen LogP contribution in [0.25, 0.3) is 0 Å². The summed E-state index contributed by atoms with van der Waals surface area (Å²) in [7, 11) is 0. The molecule has 0 aromatic heterocycles. The highest BCUT2D eigenvalue weighted by atomic mass is 127. The summed E-state index contributed by atoms with van der Waals surface area (Å²) in [6, 6.07) is 0. The van der Waals surface area contributed by atoms with Gasteiger partial charge in [-0.05, 0) is 17.3 Å². The van der Waals surface area contributed by atoms with Crippen molar-refractivity contribution in [3.63, 3.8) is 0 Å². The van der Waals surface area contributed by atoms with Crippen molar-refractivity contribution in [3.05, 3.63) is 23.8 Å². The fourth-order valence-corrected chi connectivity index (χ4v) is 2.36. The molecule has 0 radical (unpaired) electrons. The summed E-state index contributed by atoms with van der Waals surface area (Å²) in [5.74, 6) is 0. The molecule has 0 saturated heterocycles. The first kappa shape index (κ1) is 13.3. The van der Waals surface area contributed by atoms with Crippen LogP contribution in [-0.4, -0.2) is 3.42 Å². The average Bonchev–Trinajstić information content (AvgIpc) is 2.00. The van der Waals surface area contributed by atoms with Crippen LogP contribution in [-0.2, 0) is 0 Å². The Morgan fingerprint density at radius 3 is 2.07 bits per heavy atom. The van der Waals surface area contributed by atoms with Gasteiger partial charge in [-0.1, -0.05) is 87.9 Å². The largest absolute Gasteiger partial charge is 0.0734 e. The monoisotopic (exact) mass is 318 g/mol. The van der Waals surface area contributed by atoms with Crippen molar-refractivity contribution in [3.8, 4) is 0 Å². The number of halogens is 1. The Bertz CT molecular complexity index is 296. The molecule has 86 valence electrons. The minimum absolute atomic E-state index is 0.266. The summed E-state index contributed by atoms with van der Waals surface area (Å²) < 4.78 is 0.266. The molecule has 0 aliphatic heterocycles. The van der Waals surface area contributed by atoms with Gasteiger partial charge in [0.15, 0.2) is 0 Å². The molecule has 0 saturated carbocycles. The highest BCUT2D eigenvalue weighted by Crippen LogP contribution is 2.49. The van der Waals surface area contributed by atoms with Crippen molar-refractivity contribution in [1.29, 1.82) is 0 Å². The van der Waals surface area contributed by atoms with E-state index in [0.29, 0.717) is 10.8 Å². The fourth-order valence-electron chi connectivity index (χ4n) is 1.74. The summed E-state index contributed by atoms with van der Waals surface area (Å²) in [4.78, 5) is 0. The molecule has 0 amide bonds. The van der Waals surface area contributed by atoms with Crippen molar-refractivity contribution in [2.75, 3.05) is 0 Å². The summed E-state index contributed by atoms with van der Waals surface area (Å²) >= 11 is 2.62. The van der Waals surface area contributed by atoms with Gasteiger partial charge >= 0.3 is 0 Å². The molecule has 1 aliphatic carbocycles. The van der Waals surface area contributed by atoms with Crippen LogP contribution in [0.5, 0.6) is 0 Å². The van der Waals surface area contributed by atoms with Gasteiger partial charge in [0.2, 0.25) is 0 Å². The Labute approximate surface area is 108 Å². The van der Waals surface area contributed by atoms with E-state index in [-0.39, 0.29) is 3.42 Å². The molecule has 0 bridgehead atoms. The first-order valence-electron chi connectivity index (χ1n) is 5.64. The summed E-state index contributed by atoms with van der Waals surface area (Å²) in [5.41, 5.74) is 2.18. The zero-order chi connectivity index (χ0) is 11.9. The fraction of sp³-hybridized carbons (Fsp3) is 0.714. The van der Waals surface area contributed by atoms with E-state index in [9.17, 15) is 0 Å². The summed E-state index contributed by atoms with van der Waals surface area (Å²) in [5, 5.41) is 0. The third kappa shape index (κ3) is 2.86. The van der Waals surface area contributed by atoms with E-state index in [2.05, 4.69) is 82.4 Å². The van der Waals surface area contributed by atoms with E-state index in [1.54, 1.807) is 5.57 Å². The zero-order valence-electron chi connectivity index (χ0n) is 10.8. The van der Waals surface area contributed by atoms with Gasteiger partial charge in [-0.15, -0.1) is 0 Å². The maximum Gasteiger partial charge on any atom is 0.0489 e. The van der Waals surface area contributed by atoms with Crippen LogP contribution < -0.4 is 0 Å². The Kier molecular flexibility index (Phi) is 3.45. The Hall–Kier alpha value is 0.210. The Morgan fingerprint density at radius 2 is 1.67 bits per heavy atom. The lowest BCUT2D eigenvalue weighted by molar-refractivity contribution is 0.323. The van der Waals surface area contributed by atoms with E-state index in [1.165, 1.54) is 6.42 Å². The molecule has 0 N–H and O–H groups in total. The number of rotatable bonds is 0. The van der Waals surface area contributed by atoms with Crippen molar-refractivity contribution in [2.24, 2.45) is 10.8 Å². The van der Waals surface area contributed by atoms with Crippen molar-refractivity contribution < 1.29 is 0 Å². The Balaban J connectivity index is 2.99. The lowest BCUT2D eigenvalue weighted by atomic mass is 9.70. The van der Waals surface area contributed by atoms with Gasteiger partial charge in [-0.2, -0.15) is 0 Å². The van der Waals surface area contributed by atoms with Crippen LogP contribution in [0.15, 0.2) is 23.8 Å². The first-order chi connectivity index (χ1) is 6.56. The van der Waals surface area contributed by atoms with Gasteiger partial charge in [-0.25, -0.2) is 0 Å². The van der Waals surface area contributed by atoms with E-state index in [0.717, 1.165) is 0 Å². The quantitative estimate of drug-likeness (QED) is 0.428. The molecular weight excluding hydrogens is 295 g/mol. The molecule has 15 heavy (non-hydrogen) atoms. The topological polar surface area (TPSA) is 0 Å². The van der Waals surface area contributed by atoms with Crippen LogP contribution >= 0.6 is 22.6 Å². The molecule has 1 rings (SSSR count). The van der Waals surface area contributed by atoms with Gasteiger partial charge in [-0.3, -0.25) is 0 Å². The van der Waals surface area contributed by atoms with Crippen LogP contribution in [0.2, 0.25) is 0 Å². The predicted octanol–water partition coefficient (Wildman–Crippen LogP) is 5.14. The van der Waals surface area contributed by atoms with Gasteiger partial charge in [0, 0.05) is 3.42 Å². The lowest BCUT2D eigenvalue weighted by Gasteiger charge is -2.42. The van der Waals surface area contributed by atoms with Crippen molar-refractivity contribution >= 4 is 22.6 Å². The number of alkyl halides is 1. The lowest BCUT2D eigenvalue weighted by Crippen LogP contribution is -2.37. The molecule has 0 fully saturated rings. The highest BCUT2D eigenvalue weighted by Gasteiger charge is 2.40. The molecule has 0 aromatic rings. The van der Waals surface area contributed by atoms with Crippen molar-refractivity contribution in [1.82, 2.24) is 0 Å². The van der Waals surface area contributed by atoms with E-state index < -0.39 is 0 Å². The van der Waals surface area contributed by atoms with E-state index >= 15 is 0 Å². The molecule has 0 spiro atoms. The minimum atomic E-state index is 0.266. The molecule has 1 atom stereocenters. The predicted molar refractivity (Wildman–Crippen MR) is 77.5 cm³/mol. The zero-order valence-corrected chi connectivity index (χ0v) is 13.0. The van der Waals surface area contributed by atoms with Crippen LogP contribution in [0.3, 0.4) is 0 Å². The van der Waals surface area contributed by atoms with Crippen LogP contribution in [0.4, 0.5) is 0 Å². The SMILES string of the molecule is CC(C)(C)C1=CC=CC(I)(C(C)(C)C)C1. The average molecular weight is 318 g/mol. The van der Waals surface area contributed by atoms with E-state index in [1.807, 2.05) is 0 Å². The van der Waals surface area contributed by atoms with Crippen molar-refractivity contribution in [2.45, 2.75) is 51.4 Å². The second-order valence-electron chi connectivity index (χ2n) is 6.59. The molecular formula is C14H23I. The third-order valence-corrected chi connectivity index (χ3v) is 5.67. The van der Waals surface area contributed by atoms with Gasteiger partial charge in [0.25, 0.3) is 0 Å². The number of hydrogen-bond donors (Lipinski definition) is 0.